The average Bonchev–Trinajstić information content (AvgIpc) is 2.41. The van der Waals surface area contributed by atoms with Crippen LogP contribution in [0.15, 0.2) is 27.6 Å². The molecule has 1 aliphatic rings. The maximum Gasteiger partial charge on any atom is 0.240 e. The number of sulfonamides is 1. The van der Waals surface area contributed by atoms with Crippen LogP contribution >= 0.6 is 27.5 Å². The molecule has 112 valence electrons. The summed E-state index contributed by atoms with van der Waals surface area (Å²) in [5.41, 5.74) is 0.0784. The molecule has 0 aromatic heterocycles. The van der Waals surface area contributed by atoms with Crippen molar-refractivity contribution >= 4 is 37.6 Å². The minimum absolute atomic E-state index is 0.0784. The van der Waals surface area contributed by atoms with Gasteiger partial charge in [-0.05, 0) is 52.4 Å². The number of rotatable bonds is 4. The highest BCUT2D eigenvalue weighted by atomic mass is 79.9. The summed E-state index contributed by atoms with van der Waals surface area (Å²) in [6, 6.07) is 4.65. The monoisotopic (exact) mass is 379 g/mol. The van der Waals surface area contributed by atoms with Gasteiger partial charge in [-0.15, -0.1) is 0 Å². The number of hydrogen-bond acceptors (Lipinski definition) is 2. The molecule has 0 saturated heterocycles. The van der Waals surface area contributed by atoms with Crippen LogP contribution in [0.1, 0.15) is 39.0 Å². The Morgan fingerprint density at radius 1 is 1.30 bits per heavy atom. The quantitative estimate of drug-likeness (QED) is 0.844. The number of hydrogen-bond donors (Lipinski definition) is 1. The lowest BCUT2D eigenvalue weighted by atomic mass is 9.76. The molecule has 0 aliphatic heterocycles. The molecule has 0 amide bonds. The molecular weight excluding hydrogens is 362 g/mol. The topological polar surface area (TPSA) is 46.2 Å². The van der Waals surface area contributed by atoms with Crippen molar-refractivity contribution in [2.45, 2.75) is 43.9 Å². The number of nitrogens with one attached hydrogen (secondary N) is 1. The zero-order chi connectivity index (χ0) is 14.8. The molecule has 2 rings (SSSR count). The van der Waals surface area contributed by atoms with E-state index in [4.69, 9.17) is 11.6 Å². The summed E-state index contributed by atoms with van der Waals surface area (Å²) in [6.07, 6.45) is 5.79. The van der Waals surface area contributed by atoms with Gasteiger partial charge in [-0.25, -0.2) is 13.1 Å². The van der Waals surface area contributed by atoms with Crippen LogP contribution < -0.4 is 4.72 Å². The van der Waals surface area contributed by atoms with E-state index >= 15 is 0 Å². The van der Waals surface area contributed by atoms with Crippen molar-refractivity contribution in [3.8, 4) is 0 Å². The molecule has 0 radical (unpaired) electrons. The third-order valence-electron chi connectivity index (χ3n) is 3.95. The maximum atomic E-state index is 12.3. The normalized spacial score (nSPS) is 18.9. The molecule has 1 aromatic carbocycles. The van der Waals surface area contributed by atoms with Crippen molar-refractivity contribution in [1.29, 1.82) is 0 Å². The van der Waals surface area contributed by atoms with E-state index in [1.165, 1.54) is 31.4 Å². The van der Waals surface area contributed by atoms with E-state index in [1.54, 1.807) is 6.07 Å². The van der Waals surface area contributed by atoms with E-state index in [0.29, 0.717) is 16.0 Å². The fourth-order valence-electron chi connectivity index (χ4n) is 2.58. The average molecular weight is 381 g/mol. The Hall–Kier alpha value is -0.100. The SMILES string of the molecule is CC1(CNS(=O)(=O)c2ccc(Cl)c(Br)c2)CCCCC1. The minimum atomic E-state index is -3.48. The summed E-state index contributed by atoms with van der Waals surface area (Å²) in [5.74, 6) is 0. The lowest BCUT2D eigenvalue weighted by Gasteiger charge is -2.33. The second kappa shape index (κ2) is 6.34. The van der Waals surface area contributed by atoms with Crippen LogP contribution in [0.25, 0.3) is 0 Å². The number of halogens is 2. The van der Waals surface area contributed by atoms with Gasteiger partial charge in [0.05, 0.1) is 9.92 Å². The van der Waals surface area contributed by atoms with Gasteiger partial charge in [-0.1, -0.05) is 37.8 Å². The van der Waals surface area contributed by atoms with Gasteiger partial charge in [0.25, 0.3) is 0 Å². The smallest absolute Gasteiger partial charge is 0.211 e. The van der Waals surface area contributed by atoms with E-state index in [-0.39, 0.29) is 10.3 Å². The van der Waals surface area contributed by atoms with E-state index in [0.717, 1.165) is 12.8 Å². The molecule has 0 heterocycles. The highest BCUT2D eigenvalue weighted by Gasteiger charge is 2.28. The van der Waals surface area contributed by atoms with E-state index < -0.39 is 10.0 Å². The Morgan fingerprint density at radius 3 is 2.55 bits per heavy atom. The van der Waals surface area contributed by atoms with Gasteiger partial charge in [0.1, 0.15) is 0 Å². The molecule has 1 saturated carbocycles. The van der Waals surface area contributed by atoms with Crippen molar-refractivity contribution in [1.82, 2.24) is 4.72 Å². The minimum Gasteiger partial charge on any atom is -0.211 e. The zero-order valence-corrected chi connectivity index (χ0v) is 14.6. The molecular formula is C14H19BrClNO2S. The van der Waals surface area contributed by atoms with Crippen molar-refractivity contribution in [3.05, 3.63) is 27.7 Å². The second-order valence-electron chi connectivity index (χ2n) is 5.77. The van der Waals surface area contributed by atoms with Crippen molar-refractivity contribution in [2.24, 2.45) is 5.41 Å². The van der Waals surface area contributed by atoms with E-state index in [9.17, 15) is 8.42 Å². The van der Waals surface area contributed by atoms with Gasteiger partial charge in [0.15, 0.2) is 0 Å². The lowest BCUT2D eigenvalue weighted by Crippen LogP contribution is -2.37. The summed E-state index contributed by atoms with van der Waals surface area (Å²) in [6.45, 7) is 2.65. The molecule has 1 aromatic rings. The summed E-state index contributed by atoms with van der Waals surface area (Å²) in [4.78, 5) is 0.244. The van der Waals surface area contributed by atoms with Gasteiger partial charge in [0.2, 0.25) is 10.0 Å². The summed E-state index contributed by atoms with van der Waals surface area (Å²) in [5, 5.41) is 0.503. The molecule has 3 nitrogen and oxygen atoms in total. The molecule has 0 bridgehead atoms. The molecule has 0 atom stereocenters. The summed E-state index contributed by atoms with van der Waals surface area (Å²) >= 11 is 9.14. The van der Waals surface area contributed by atoms with Crippen LogP contribution in [-0.2, 0) is 10.0 Å². The zero-order valence-electron chi connectivity index (χ0n) is 11.5. The van der Waals surface area contributed by atoms with Crippen molar-refractivity contribution < 1.29 is 8.42 Å². The maximum absolute atomic E-state index is 12.3. The highest BCUT2D eigenvalue weighted by molar-refractivity contribution is 9.10. The number of benzene rings is 1. The van der Waals surface area contributed by atoms with Crippen LogP contribution in [0.5, 0.6) is 0 Å². The molecule has 1 N–H and O–H groups in total. The third kappa shape index (κ3) is 3.97. The molecule has 6 heteroatoms. The summed E-state index contributed by atoms with van der Waals surface area (Å²) in [7, 11) is -3.48. The Kier molecular flexibility index (Phi) is 5.16. The van der Waals surface area contributed by atoms with Crippen LogP contribution in [0.3, 0.4) is 0 Å². The van der Waals surface area contributed by atoms with Gasteiger partial charge in [-0.3, -0.25) is 0 Å². The predicted octanol–water partition coefficient (Wildman–Crippen LogP) is 4.35. The first-order valence-corrected chi connectivity index (χ1v) is 9.43. The highest BCUT2D eigenvalue weighted by Crippen LogP contribution is 2.35. The van der Waals surface area contributed by atoms with Gasteiger partial charge in [-0.2, -0.15) is 0 Å². The van der Waals surface area contributed by atoms with Crippen LogP contribution in [-0.4, -0.2) is 15.0 Å². The van der Waals surface area contributed by atoms with E-state index in [1.807, 2.05) is 0 Å². The fraction of sp³-hybridized carbons (Fsp3) is 0.571. The van der Waals surface area contributed by atoms with Crippen molar-refractivity contribution in [2.75, 3.05) is 6.54 Å². The van der Waals surface area contributed by atoms with Crippen LogP contribution in [0, 0.1) is 5.41 Å². The predicted molar refractivity (Wildman–Crippen MR) is 85.5 cm³/mol. The Labute approximate surface area is 134 Å². The summed E-state index contributed by atoms with van der Waals surface area (Å²) < 4.78 is 27.9. The molecule has 20 heavy (non-hydrogen) atoms. The molecule has 0 spiro atoms. The first-order chi connectivity index (χ1) is 9.32. The standard InChI is InChI=1S/C14H19BrClNO2S/c1-14(7-3-2-4-8-14)10-17-20(18,19)11-5-6-13(16)12(15)9-11/h5-6,9,17H,2-4,7-8,10H2,1H3. The van der Waals surface area contributed by atoms with Gasteiger partial charge < -0.3 is 0 Å². The fourth-order valence-corrected chi connectivity index (χ4v) is 4.45. The van der Waals surface area contributed by atoms with Gasteiger partial charge >= 0.3 is 0 Å². The second-order valence-corrected chi connectivity index (χ2v) is 8.80. The van der Waals surface area contributed by atoms with E-state index in [2.05, 4.69) is 27.6 Å². The molecule has 0 unspecified atom stereocenters. The Morgan fingerprint density at radius 2 is 1.95 bits per heavy atom. The van der Waals surface area contributed by atoms with Crippen LogP contribution in [0.2, 0.25) is 5.02 Å². The van der Waals surface area contributed by atoms with Crippen LogP contribution in [0.4, 0.5) is 0 Å². The third-order valence-corrected chi connectivity index (χ3v) is 6.56. The Balaban J connectivity index is 2.09. The van der Waals surface area contributed by atoms with Gasteiger partial charge in [0, 0.05) is 11.0 Å². The molecule has 1 fully saturated rings. The molecule has 1 aliphatic carbocycles. The first kappa shape index (κ1) is 16.3. The first-order valence-electron chi connectivity index (χ1n) is 6.77. The lowest BCUT2D eigenvalue weighted by molar-refractivity contribution is 0.219. The van der Waals surface area contributed by atoms with Crippen molar-refractivity contribution in [3.63, 3.8) is 0 Å². The largest absolute Gasteiger partial charge is 0.240 e. The Bertz CT molecular complexity index is 583.